The molecule has 3 rings (SSSR count). The van der Waals surface area contributed by atoms with Gasteiger partial charge < -0.3 is 14.8 Å². The maximum Gasteiger partial charge on any atom is 0.235 e. The van der Waals surface area contributed by atoms with Crippen LogP contribution in [0.1, 0.15) is 31.7 Å². The number of benzene rings is 2. The Balaban J connectivity index is 1.83. The number of halogens is 2. The van der Waals surface area contributed by atoms with Gasteiger partial charge in [-0.15, -0.1) is 0 Å². The monoisotopic (exact) mass is 407 g/mol. The second-order valence-corrected chi connectivity index (χ2v) is 7.49. The standard InChI is InChI=1S/C21H23Cl2NO3/c1-2-11-27-17-6-4-16(5-7-17)24-20(25)21(9-12-26-13-10-21)18-8-3-15(22)14-19(18)23/h3-8,14H,2,9-13H2,1H3,(H,24,25). The summed E-state index contributed by atoms with van der Waals surface area (Å²) in [7, 11) is 0. The molecule has 144 valence electrons. The Morgan fingerprint density at radius 2 is 1.85 bits per heavy atom. The number of hydrogen-bond acceptors (Lipinski definition) is 3. The average molecular weight is 408 g/mol. The van der Waals surface area contributed by atoms with Crippen molar-refractivity contribution < 1.29 is 14.3 Å². The minimum Gasteiger partial charge on any atom is -0.494 e. The minimum atomic E-state index is -0.739. The summed E-state index contributed by atoms with van der Waals surface area (Å²) < 4.78 is 11.1. The van der Waals surface area contributed by atoms with E-state index in [0.29, 0.717) is 42.7 Å². The van der Waals surface area contributed by atoms with E-state index in [1.165, 1.54) is 0 Å². The van der Waals surface area contributed by atoms with Gasteiger partial charge in [0.25, 0.3) is 0 Å². The summed E-state index contributed by atoms with van der Waals surface area (Å²) in [5.41, 5.74) is 0.772. The van der Waals surface area contributed by atoms with Gasteiger partial charge in [0.1, 0.15) is 5.75 Å². The maximum absolute atomic E-state index is 13.3. The predicted molar refractivity (Wildman–Crippen MR) is 109 cm³/mol. The lowest BCUT2D eigenvalue weighted by Crippen LogP contribution is -2.45. The summed E-state index contributed by atoms with van der Waals surface area (Å²) in [5.74, 6) is 0.702. The molecule has 6 heteroatoms. The Morgan fingerprint density at radius 3 is 2.48 bits per heavy atom. The molecule has 27 heavy (non-hydrogen) atoms. The van der Waals surface area contributed by atoms with E-state index in [1.54, 1.807) is 12.1 Å². The van der Waals surface area contributed by atoms with Gasteiger partial charge in [-0.1, -0.05) is 36.2 Å². The summed E-state index contributed by atoms with van der Waals surface area (Å²) in [4.78, 5) is 13.3. The second kappa shape index (κ2) is 8.96. The molecule has 2 aromatic carbocycles. The van der Waals surface area contributed by atoms with Gasteiger partial charge in [0.15, 0.2) is 0 Å². The molecule has 1 aliphatic heterocycles. The van der Waals surface area contributed by atoms with Crippen LogP contribution in [0.5, 0.6) is 5.75 Å². The molecule has 1 heterocycles. The zero-order chi connectivity index (χ0) is 19.3. The quantitative estimate of drug-likeness (QED) is 0.690. The Hall–Kier alpha value is -1.75. The van der Waals surface area contributed by atoms with Crippen LogP contribution in [0, 0.1) is 0 Å². The number of rotatable bonds is 6. The molecule has 1 aliphatic rings. The summed E-state index contributed by atoms with van der Waals surface area (Å²) in [6.45, 7) is 3.75. The van der Waals surface area contributed by atoms with Gasteiger partial charge >= 0.3 is 0 Å². The highest BCUT2D eigenvalue weighted by Crippen LogP contribution is 2.40. The van der Waals surface area contributed by atoms with Crippen LogP contribution in [0.3, 0.4) is 0 Å². The molecular formula is C21H23Cl2NO3. The molecule has 0 saturated carbocycles. The number of ether oxygens (including phenoxy) is 2. The van der Waals surface area contributed by atoms with Crippen LogP contribution in [0.15, 0.2) is 42.5 Å². The predicted octanol–water partition coefficient (Wildman–Crippen LogP) is 5.47. The van der Waals surface area contributed by atoms with Gasteiger partial charge in [0, 0.05) is 28.9 Å². The van der Waals surface area contributed by atoms with E-state index >= 15 is 0 Å². The van der Waals surface area contributed by atoms with Crippen molar-refractivity contribution in [2.45, 2.75) is 31.6 Å². The molecule has 1 saturated heterocycles. The van der Waals surface area contributed by atoms with E-state index in [2.05, 4.69) is 12.2 Å². The highest BCUT2D eigenvalue weighted by atomic mass is 35.5. The highest BCUT2D eigenvalue weighted by molar-refractivity contribution is 6.35. The van der Waals surface area contributed by atoms with Crippen LogP contribution >= 0.6 is 23.2 Å². The lowest BCUT2D eigenvalue weighted by molar-refractivity contribution is -0.125. The van der Waals surface area contributed by atoms with Crippen molar-refractivity contribution in [3.05, 3.63) is 58.1 Å². The first kappa shape index (κ1) is 20.0. The molecule has 2 aromatic rings. The average Bonchev–Trinajstić information content (AvgIpc) is 2.68. The number of anilines is 1. The fourth-order valence-corrected chi connectivity index (χ4v) is 3.91. The van der Waals surface area contributed by atoms with Crippen molar-refractivity contribution in [3.63, 3.8) is 0 Å². The lowest BCUT2D eigenvalue weighted by Gasteiger charge is -2.36. The molecular weight excluding hydrogens is 385 g/mol. The molecule has 0 aromatic heterocycles. The van der Waals surface area contributed by atoms with Crippen LogP contribution in [0.25, 0.3) is 0 Å². The minimum absolute atomic E-state index is 0.0859. The largest absolute Gasteiger partial charge is 0.494 e. The van der Waals surface area contributed by atoms with Crippen LogP contribution < -0.4 is 10.1 Å². The van der Waals surface area contributed by atoms with Crippen LogP contribution in [-0.4, -0.2) is 25.7 Å². The molecule has 0 bridgehead atoms. The normalized spacial score (nSPS) is 16.0. The Kier molecular flexibility index (Phi) is 6.64. The molecule has 0 unspecified atom stereocenters. The molecule has 1 fully saturated rings. The molecule has 4 nitrogen and oxygen atoms in total. The van der Waals surface area contributed by atoms with Crippen molar-refractivity contribution in [1.82, 2.24) is 0 Å². The van der Waals surface area contributed by atoms with Gasteiger partial charge in [0.2, 0.25) is 5.91 Å². The maximum atomic E-state index is 13.3. The van der Waals surface area contributed by atoms with Gasteiger partial charge in [0.05, 0.1) is 12.0 Å². The van der Waals surface area contributed by atoms with E-state index < -0.39 is 5.41 Å². The van der Waals surface area contributed by atoms with Crippen molar-refractivity contribution in [1.29, 1.82) is 0 Å². The first-order chi connectivity index (χ1) is 13.0. The molecule has 0 spiro atoms. The van der Waals surface area contributed by atoms with Crippen molar-refractivity contribution in [2.75, 3.05) is 25.1 Å². The zero-order valence-electron chi connectivity index (χ0n) is 15.3. The summed E-state index contributed by atoms with van der Waals surface area (Å²) in [5, 5.41) is 4.09. The number of hydrogen-bond donors (Lipinski definition) is 1. The van der Waals surface area contributed by atoms with E-state index in [9.17, 15) is 4.79 Å². The third-order valence-corrected chi connectivity index (χ3v) is 5.36. The number of carbonyl (C=O) groups excluding carboxylic acids is 1. The fourth-order valence-electron chi connectivity index (χ4n) is 3.32. The fraction of sp³-hybridized carbons (Fsp3) is 0.381. The third-order valence-electron chi connectivity index (χ3n) is 4.81. The molecule has 0 radical (unpaired) electrons. The van der Waals surface area contributed by atoms with Crippen molar-refractivity contribution in [2.24, 2.45) is 0 Å². The topological polar surface area (TPSA) is 47.6 Å². The Morgan fingerprint density at radius 1 is 1.15 bits per heavy atom. The third kappa shape index (κ3) is 4.57. The van der Waals surface area contributed by atoms with Crippen LogP contribution in [0.4, 0.5) is 5.69 Å². The Bertz CT molecular complexity index is 787. The van der Waals surface area contributed by atoms with E-state index in [-0.39, 0.29) is 5.91 Å². The SMILES string of the molecule is CCCOc1ccc(NC(=O)C2(c3ccc(Cl)cc3Cl)CCOCC2)cc1. The van der Waals surface area contributed by atoms with E-state index in [0.717, 1.165) is 23.4 Å². The zero-order valence-corrected chi connectivity index (χ0v) is 16.8. The molecule has 0 aliphatic carbocycles. The van der Waals surface area contributed by atoms with Crippen LogP contribution in [-0.2, 0) is 14.9 Å². The first-order valence-electron chi connectivity index (χ1n) is 9.13. The molecule has 1 amide bonds. The van der Waals surface area contributed by atoms with E-state index in [1.807, 2.05) is 30.3 Å². The van der Waals surface area contributed by atoms with Gasteiger partial charge in [-0.25, -0.2) is 0 Å². The summed E-state index contributed by atoms with van der Waals surface area (Å²) in [6, 6.07) is 12.7. The van der Waals surface area contributed by atoms with E-state index in [4.69, 9.17) is 32.7 Å². The Labute approximate surface area is 169 Å². The van der Waals surface area contributed by atoms with Gasteiger partial charge in [-0.2, -0.15) is 0 Å². The smallest absolute Gasteiger partial charge is 0.235 e. The summed E-state index contributed by atoms with van der Waals surface area (Å²) in [6.07, 6.45) is 2.08. The van der Waals surface area contributed by atoms with Gasteiger partial charge in [-0.3, -0.25) is 4.79 Å². The first-order valence-corrected chi connectivity index (χ1v) is 9.88. The van der Waals surface area contributed by atoms with Crippen molar-refractivity contribution in [3.8, 4) is 5.75 Å². The highest BCUT2D eigenvalue weighted by Gasteiger charge is 2.43. The molecule has 0 atom stereocenters. The number of amides is 1. The summed E-state index contributed by atoms with van der Waals surface area (Å²) >= 11 is 12.5. The van der Waals surface area contributed by atoms with Gasteiger partial charge in [-0.05, 0) is 61.2 Å². The molecule has 1 N–H and O–H groups in total. The van der Waals surface area contributed by atoms with Crippen LogP contribution in [0.2, 0.25) is 10.0 Å². The lowest BCUT2D eigenvalue weighted by atomic mass is 9.73. The second-order valence-electron chi connectivity index (χ2n) is 6.65. The number of nitrogens with one attached hydrogen (secondary N) is 1. The number of carbonyl (C=O) groups is 1. The van der Waals surface area contributed by atoms with Crippen molar-refractivity contribution >= 4 is 34.8 Å².